The van der Waals surface area contributed by atoms with Crippen LogP contribution in [0.15, 0.2) is 65.7 Å². The zero-order chi connectivity index (χ0) is 18.5. The molecule has 0 spiro atoms. The molecule has 0 radical (unpaired) electrons. The van der Waals surface area contributed by atoms with E-state index in [-0.39, 0.29) is 0 Å². The maximum atomic E-state index is 6.33. The second-order valence-corrected chi connectivity index (χ2v) is 7.00. The largest absolute Gasteiger partial charge is 0.487 e. The second kappa shape index (κ2) is 8.59. The molecule has 3 rings (SSSR count). The van der Waals surface area contributed by atoms with Crippen LogP contribution >= 0.6 is 34.8 Å². The average molecular weight is 405 g/mol. The lowest BCUT2D eigenvalue weighted by Gasteiger charge is -2.09. The summed E-state index contributed by atoms with van der Waals surface area (Å²) >= 11 is 18.3. The summed E-state index contributed by atoms with van der Waals surface area (Å²) in [6.45, 7) is 2.36. The molecule has 0 atom stereocenters. The van der Waals surface area contributed by atoms with Gasteiger partial charge in [0, 0.05) is 16.3 Å². The Kier molecular flexibility index (Phi) is 6.20. The number of nitrogens with zero attached hydrogens (tertiary/aromatic N) is 1. The number of aliphatic imine (C=N–C) groups is 1. The minimum Gasteiger partial charge on any atom is -0.487 e. The minimum atomic E-state index is 0.423. The zero-order valence-corrected chi connectivity index (χ0v) is 16.3. The summed E-state index contributed by atoms with van der Waals surface area (Å²) in [7, 11) is 0. The third-order valence-electron chi connectivity index (χ3n) is 3.86. The van der Waals surface area contributed by atoms with Gasteiger partial charge in [0.15, 0.2) is 0 Å². The maximum absolute atomic E-state index is 6.33. The molecule has 0 N–H and O–H groups in total. The molecule has 132 valence electrons. The smallest absolute Gasteiger partial charge is 0.138 e. The van der Waals surface area contributed by atoms with E-state index in [2.05, 4.69) is 4.99 Å². The van der Waals surface area contributed by atoms with Crippen LogP contribution in [0.3, 0.4) is 0 Å². The Morgan fingerprint density at radius 1 is 0.923 bits per heavy atom. The van der Waals surface area contributed by atoms with E-state index in [1.54, 1.807) is 6.21 Å². The summed E-state index contributed by atoms with van der Waals surface area (Å²) in [6, 6.07) is 18.7. The molecule has 0 aliphatic heterocycles. The lowest BCUT2D eigenvalue weighted by Crippen LogP contribution is -1.96. The predicted molar refractivity (Wildman–Crippen MR) is 111 cm³/mol. The first kappa shape index (κ1) is 18.8. The third kappa shape index (κ3) is 4.79. The Balaban J connectivity index is 1.70. The highest BCUT2D eigenvalue weighted by Gasteiger charge is 2.04. The zero-order valence-electron chi connectivity index (χ0n) is 14.0. The quantitative estimate of drug-likeness (QED) is 0.409. The number of rotatable bonds is 5. The van der Waals surface area contributed by atoms with Gasteiger partial charge in [0.1, 0.15) is 12.4 Å². The Morgan fingerprint density at radius 2 is 1.69 bits per heavy atom. The molecule has 0 heterocycles. The molecule has 0 aliphatic carbocycles. The number of ether oxygens (including phenoxy) is 1. The predicted octanol–water partition coefficient (Wildman–Crippen LogP) is 7.28. The van der Waals surface area contributed by atoms with Gasteiger partial charge in [0.2, 0.25) is 0 Å². The van der Waals surface area contributed by atoms with Gasteiger partial charge in [0.05, 0.1) is 10.7 Å². The summed E-state index contributed by atoms with van der Waals surface area (Å²) < 4.78 is 5.78. The molecule has 0 fully saturated rings. The molecule has 0 saturated carbocycles. The highest BCUT2D eigenvalue weighted by Crippen LogP contribution is 2.28. The molecule has 2 nitrogen and oxygen atoms in total. The van der Waals surface area contributed by atoms with E-state index in [4.69, 9.17) is 39.5 Å². The van der Waals surface area contributed by atoms with Crippen LogP contribution in [0.1, 0.15) is 16.7 Å². The molecular weight excluding hydrogens is 389 g/mol. The Bertz CT molecular complexity index is 936. The molecule has 0 aliphatic rings. The number of halogens is 3. The fourth-order valence-electron chi connectivity index (χ4n) is 2.34. The first-order valence-electron chi connectivity index (χ1n) is 7.99. The molecular formula is C21H16Cl3NO. The van der Waals surface area contributed by atoms with E-state index >= 15 is 0 Å². The van der Waals surface area contributed by atoms with E-state index < -0.39 is 0 Å². The molecule has 0 bridgehead atoms. The molecule has 0 aromatic heterocycles. The van der Waals surface area contributed by atoms with E-state index in [1.807, 2.05) is 67.6 Å². The molecule has 26 heavy (non-hydrogen) atoms. The monoisotopic (exact) mass is 403 g/mol. The fourth-order valence-corrected chi connectivity index (χ4v) is 2.88. The molecule has 0 saturated heterocycles. The van der Waals surface area contributed by atoms with Crippen molar-refractivity contribution in [1.82, 2.24) is 0 Å². The Morgan fingerprint density at radius 3 is 2.42 bits per heavy atom. The maximum Gasteiger partial charge on any atom is 0.138 e. The van der Waals surface area contributed by atoms with Gasteiger partial charge in [-0.15, -0.1) is 0 Å². The van der Waals surface area contributed by atoms with Gasteiger partial charge < -0.3 is 4.74 Å². The van der Waals surface area contributed by atoms with Gasteiger partial charge in [-0.1, -0.05) is 53.0 Å². The number of benzene rings is 3. The van der Waals surface area contributed by atoms with Gasteiger partial charge in [0.25, 0.3) is 0 Å². The topological polar surface area (TPSA) is 21.6 Å². The van der Waals surface area contributed by atoms with Crippen molar-refractivity contribution < 1.29 is 4.74 Å². The van der Waals surface area contributed by atoms with Gasteiger partial charge in [-0.2, -0.15) is 0 Å². The summed E-state index contributed by atoms with van der Waals surface area (Å²) in [4.78, 5) is 4.49. The van der Waals surface area contributed by atoms with Gasteiger partial charge >= 0.3 is 0 Å². The standard InChI is InChI=1S/C21H16Cl3NO/c1-14-18(23)3-2-4-20(14)25-12-16-7-10-21(19(24)11-16)26-13-15-5-8-17(22)9-6-15/h2-12H,13H2,1H3. The van der Waals surface area contributed by atoms with E-state index in [9.17, 15) is 0 Å². The van der Waals surface area contributed by atoms with Crippen molar-refractivity contribution in [3.05, 3.63) is 92.4 Å². The minimum absolute atomic E-state index is 0.423. The van der Waals surface area contributed by atoms with E-state index in [1.165, 1.54) is 0 Å². The van der Waals surface area contributed by atoms with Crippen LogP contribution in [0.2, 0.25) is 15.1 Å². The van der Waals surface area contributed by atoms with Crippen LogP contribution in [0, 0.1) is 6.92 Å². The molecule has 0 amide bonds. The second-order valence-electron chi connectivity index (χ2n) is 5.75. The van der Waals surface area contributed by atoms with Gasteiger partial charge in [-0.3, -0.25) is 4.99 Å². The van der Waals surface area contributed by atoms with Crippen molar-refractivity contribution in [3.8, 4) is 5.75 Å². The first-order chi connectivity index (χ1) is 12.5. The summed E-state index contributed by atoms with van der Waals surface area (Å²) in [6.07, 6.45) is 1.76. The molecule has 3 aromatic rings. The van der Waals surface area contributed by atoms with Crippen molar-refractivity contribution >= 4 is 46.7 Å². The highest BCUT2D eigenvalue weighted by atomic mass is 35.5. The SMILES string of the molecule is Cc1c(Cl)cccc1N=Cc1ccc(OCc2ccc(Cl)cc2)c(Cl)c1. The van der Waals surface area contributed by atoms with Crippen molar-refractivity contribution in [2.75, 3.05) is 0 Å². The normalized spacial score (nSPS) is 11.1. The van der Waals surface area contributed by atoms with Gasteiger partial charge in [-0.25, -0.2) is 0 Å². The first-order valence-corrected chi connectivity index (χ1v) is 9.12. The number of hydrogen-bond donors (Lipinski definition) is 0. The highest BCUT2D eigenvalue weighted by molar-refractivity contribution is 6.32. The van der Waals surface area contributed by atoms with E-state index in [0.717, 1.165) is 22.4 Å². The van der Waals surface area contributed by atoms with Crippen molar-refractivity contribution in [2.24, 2.45) is 4.99 Å². The van der Waals surface area contributed by atoms with Crippen LogP contribution in [0.5, 0.6) is 5.75 Å². The van der Waals surface area contributed by atoms with Crippen LogP contribution in [0.25, 0.3) is 0 Å². The van der Waals surface area contributed by atoms with E-state index in [0.29, 0.717) is 27.4 Å². The van der Waals surface area contributed by atoms with Crippen molar-refractivity contribution in [3.63, 3.8) is 0 Å². The lowest BCUT2D eigenvalue weighted by atomic mass is 10.2. The average Bonchev–Trinajstić information content (AvgIpc) is 2.63. The van der Waals surface area contributed by atoms with Crippen LogP contribution in [-0.4, -0.2) is 6.21 Å². The third-order valence-corrected chi connectivity index (χ3v) is 4.81. The summed E-state index contributed by atoms with van der Waals surface area (Å²) in [5.74, 6) is 0.623. The number of hydrogen-bond acceptors (Lipinski definition) is 2. The van der Waals surface area contributed by atoms with Crippen molar-refractivity contribution in [2.45, 2.75) is 13.5 Å². The van der Waals surface area contributed by atoms with Crippen LogP contribution in [0.4, 0.5) is 5.69 Å². The van der Waals surface area contributed by atoms with Crippen LogP contribution in [-0.2, 0) is 6.61 Å². The molecule has 5 heteroatoms. The summed E-state index contributed by atoms with van der Waals surface area (Å²) in [5.41, 5.74) is 3.68. The molecule has 3 aromatic carbocycles. The lowest BCUT2D eigenvalue weighted by molar-refractivity contribution is 0.306. The van der Waals surface area contributed by atoms with Gasteiger partial charge in [-0.05, 0) is 66.1 Å². The Labute approximate surface area is 168 Å². The van der Waals surface area contributed by atoms with Crippen molar-refractivity contribution in [1.29, 1.82) is 0 Å². The fraction of sp³-hybridized carbons (Fsp3) is 0.0952. The molecule has 0 unspecified atom stereocenters. The summed E-state index contributed by atoms with van der Waals surface area (Å²) in [5, 5.41) is 1.93. The van der Waals surface area contributed by atoms with Crippen LogP contribution < -0.4 is 4.74 Å². The Hall–Kier alpha value is -2.00.